The number of hydrogen-bond donors (Lipinski definition) is 0. The second kappa shape index (κ2) is 8.95. The number of hydrogen-bond acceptors (Lipinski definition) is 5. The minimum atomic E-state index is -0.202. The molecule has 0 spiro atoms. The van der Waals surface area contributed by atoms with Gasteiger partial charge in [0.05, 0.1) is 18.7 Å². The lowest BCUT2D eigenvalue weighted by Gasteiger charge is -2.26. The van der Waals surface area contributed by atoms with Gasteiger partial charge >= 0.3 is 5.97 Å². The highest BCUT2D eigenvalue weighted by Crippen LogP contribution is 2.23. The van der Waals surface area contributed by atoms with Gasteiger partial charge in [0.15, 0.2) is 5.13 Å². The third-order valence-corrected chi connectivity index (χ3v) is 3.97. The van der Waals surface area contributed by atoms with Crippen LogP contribution < -0.4 is 4.90 Å². The maximum Gasteiger partial charge on any atom is 0.311 e. The van der Waals surface area contributed by atoms with E-state index in [0.29, 0.717) is 12.6 Å². The first-order chi connectivity index (χ1) is 9.58. The van der Waals surface area contributed by atoms with Gasteiger partial charge in [-0.1, -0.05) is 19.8 Å². The second-order valence-electron chi connectivity index (χ2n) is 5.10. The number of rotatable bonds is 9. The Balaban J connectivity index is 2.63. The lowest BCUT2D eigenvalue weighted by atomic mass is 10.2. The number of unbranched alkanes of at least 4 members (excludes halogenated alkanes) is 2. The van der Waals surface area contributed by atoms with Crippen LogP contribution in [-0.4, -0.2) is 30.1 Å². The summed E-state index contributed by atoms with van der Waals surface area (Å²) in [6, 6.07) is 0.424. The molecule has 0 aliphatic carbocycles. The quantitative estimate of drug-likeness (QED) is 0.515. The first kappa shape index (κ1) is 17.0. The number of ether oxygens (including phenoxy) is 1. The average Bonchev–Trinajstić information content (AvgIpc) is 2.82. The highest BCUT2D eigenvalue weighted by molar-refractivity contribution is 7.13. The summed E-state index contributed by atoms with van der Waals surface area (Å²) >= 11 is 1.61. The second-order valence-corrected chi connectivity index (χ2v) is 5.93. The SMILES string of the molecule is CCCCCN(c1nc(CC(=O)OCC)cs1)C(C)C. The van der Waals surface area contributed by atoms with Crippen LogP contribution in [0.4, 0.5) is 5.13 Å². The molecule has 1 aromatic heterocycles. The molecule has 5 heteroatoms. The molecule has 0 aliphatic rings. The van der Waals surface area contributed by atoms with Crippen molar-refractivity contribution in [1.82, 2.24) is 4.98 Å². The van der Waals surface area contributed by atoms with Crippen LogP contribution in [0.15, 0.2) is 5.38 Å². The maximum absolute atomic E-state index is 11.5. The van der Waals surface area contributed by atoms with E-state index in [9.17, 15) is 4.79 Å². The molecular formula is C15H26N2O2S. The zero-order chi connectivity index (χ0) is 15.0. The number of anilines is 1. The van der Waals surface area contributed by atoms with Crippen molar-refractivity contribution in [3.8, 4) is 0 Å². The Hall–Kier alpha value is -1.10. The van der Waals surface area contributed by atoms with Gasteiger partial charge in [-0.05, 0) is 27.2 Å². The maximum atomic E-state index is 11.5. The van der Waals surface area contributed by atoms with E-state index in [4.69, 9.17) is 4.74 Å². The summed E-state index contributed by atoms with van der Waals surface area (Å²) in [5, 5.41) is 2.97. The average molecular weight is 298 g/mol. The van der Waals surface area contributed by atoms with E-state index in [-0.39, 0.29) is 12.4 Å². The summed E-state index contributed by atoms with van der Waals surface area (Å²) in [5.74, 6) is -0.202. The largest absolute Gasteiger partial charge is 0.466 e. The van der Waals surface area contributed by atoms with Gasteiger partial charge in [-0.15, -0.1) is 11.3 Å². The van der Waals surface area contributed by atoms with Crippen LogP contribution in [0.1, 0.15) is 52.7 Å². The lowest BCUT2D eigenvalue weighted by molar-refractivity contribution is -0.142. The van der Waals surface area contributed by atoms with Crippen LogP contribution in [0.5, 0.6) is 0 Å². The lowest BCUT2D eigenvalue weighted by Crippen LogP contribution is -2.31. The molecule has 114 valence electrons. The van der Waals surface area contributed by atoms with Gasteiger partial charge in [0.1, 0.15) is 0 Å². The summed E-state index contributed by atoms with van der Waals surface area (Å²) in [4.78, 5) is 18.4. The van der Waals surface area contributed by atoms with Crippen LogP contribution in [-0.2, 0) is 16.0 Å². The van der Waals surface area contributed by atoms with E-state index in [1.54, 1.807) is 11.3 Å². The molecular weight excluding hydrogens is 272 g/mol. The third kappa shape index (κ3) is 5.49. The number of aromatic nitrogens is 1. The van der Waals surface area contributed by atoms with Crippen LogP contribution in [0.25, 0.3) is 0 Å². The Kier molecular flexibility index (Phi) is 7.59. The predicted molar refractivity (Wildman–Crippen MR) is 84.5 cm³/mol. The van der Waals surface area contributed by atoms with Crippen LogP contribution in [0.2, 0.25) is 0 Å². The first-order valence-corrected chi connectivity index (χ1v) is 8.33. The van der Waals surface area contributed by atoms with Gasteiger partial charge in [0.2, 0.25) is 0 Å². The van der Waals surface area contributed by atoms with Gasteiger partial charge in [0.25, 0.3) is 0 Å². The molecule has 1 rings (SSSR count). The Bertz CT molecular complexity index is 404. The van der Waals surface area contributed by atoms with Gasteiger partial charge < -0.3 is 9.64 Å². The molecule has 0 fully saturated rings. The Morgan fingerprint density at radius 1 is 1.40 bits per heavy atom. The smallest absolute Gasteiger partial charge is 0.311 e. The zero-order valence-electron chi connectivity index (χ0n) is 13.0. The van der Waals surface area contributed by atoms with Crippen molar-refractivity contribution in [2.24, 2.45) is 0 Å². The van der Waals surface area contributed by atoms with Gasteiger partial charge in [0, 0.05) is 18.0 Å². The minimum Gasteiger partial charge on any atom is -0.466 e. The molecule has 0 saturated carbocycles. The van der Waals surface area contributed by atoms with Gasteiger partial charge in [-0.3, -0.25) is 4.79 Å². The highest BCUT2D eigenvalue weighted by Gasteiger charge is 2.15. The number of esters is 1. The summed E-state index contributed by atoms with van der Waals surface area (Å²) in [6.45, 7) is 9.83. The molecule has 0 aliphatic heterocycles. The van der Waals surface area contributed by atoms with Crippen molar-refractivity contribution in [3.63, 3.8) is 0 Å². The van der Waals surface area contributed by atoms with E-state index >= 15 is 0 Å². The van der Waals surface area contributed by atoms with Crippen molar-refractivity contribution in [3.05, 3.63) is 11.1 Å². The van der Waals surface area contributed by atoms with E-state index in [0.717, 1.165) is 17.4 Å². The van der Waals surface area contributed by atoms with Crippen molar-refractivity contribution in [2.75, 3.05) is 18.1 Å². The Labute approximate surface area is 126 Å². The third-order valence-electron chi connectivity index (χ3n) is 3.04. The van der Waals surface area contributed by atoms with Crippen molar-refractivity contribution in [2.45, 2.75) is 59.4 Å². The molecule has 0 radical (unpaired) electrons. The monoisotopic (exact) mass is 298 g/mol. The van der Waals surface area contributed by atoms with Crippen LogP contribution in [0, 0.1) is 0 Å². The fourth-order valence-corrected chi connectivity index (χ4v) is 2.96. The highest BCUT2D eigenvalue weighted by atomic mass is 32.1. The number of thiazole rings is 1. The molecule has 0 saturated heterocycles. The van der Waals surface area contributed by atoms with E-state index < -0.39 is 0 Å². The molecule has 1 heterocycles. The molecule has 20 heavy (non-hydrogen) atoms. The van der Waals surface area contributed by atoms with E-state index in [1.807, 2.05) is 12.3 Å². The topological polar surface area (TPSA) is 42.4 Å². The normalized spacial score (nSPS) is 10.8. The van der Waals surface area contributed by atoms with Crippen LogP contribution in [0.3, 0.4) is 0 Å². The van der Waals surface area contributed by atoms with E-state index in [1.165, 1.54) is 19.3 Å². The molecule has 0 unspecified atom stereocenters. The molecule has 0 atom stereocenters. The zero-order valence-corrected chi connectivity index (χ0v) is 13.8. The van der Waals surface area contributed by atoms with Crippen molar-refractivity contribution in [1.29, 1.82) is 0 Å². The predicted octanol–water partition coefficient (Wildman–Crippen LogP) is 3.65. The van der Waals surface area contributed by atoms with E-state index in [2.05, 4.69) is 30.7 Å². The summed E-state index contributed by atoms with van der Waals surface area (Å²) < 4.78 is 4.95. The van der Waals surface area contributed by atoms with Gasteiger partial charge in [-0.2, -0.15) is 0 Å². The molecule has 0 amide bonds. The Morgan fingerprint density at radius 3 is 2.75 bits per heavy atom. The Morgan fingerprint density at radius 2 is 2.15 bits per heavy atom. The molecule has 0 aromatic carbocycles. The van der Waals surface area contributed by atoms with Crippen LogP contribution >= 0.6 is 11.3 Å². The molecule has 4 nitrogen and oxygen atoms in total. The summed E-state index contributed by atoms with van der Waals surface area (Å²) in [7, 11) is 0. The molecule has 0 N–H and O–H groups in total. The first-order valence-electron chi connectivity index (χ1n) is 7.45. The number of carbonyl (C=O) groups excluding carboxylic acids is 1. The molecule has 0 bridgehead atoms. The minimum absolute atomic E-state index is 0.202. The van der Waals surface area contributed by atoms with Crippen molar-refractivity contribution >= 4 is 22.4 Å². The van der Waals surface area contributed by atoms with Gasteiger partial charge in [-0.25, -0.2) is 4.98 Å². The summed E-state index contributed by atoms with van der Waals surface area (Å²) in [5.41, 5.74) is 0.810. The van der Waals surface area contributed by atoms with Crippen molar-refractivity contribution < 1.29 is 9.53 Å². The fraction of sp³-hybridized carbons (Fsp3) is 0.733. The number of carbonyl (C=O) groups is 1. The molecule has 1 aromatic rings. The standard InChI is InChI=1S/C15H26N2O2S/c1-5-7-8-9-17(12(3)4)15-16-13(11-20-15)10-14(18)19-6-2/h11-12H,5-10H2,1-4H3. The fourth-order valence-electron chi connectivity index (χ4n) is 1.98. The summed E-state index contributed by atoms with van der Waals surface area (Å²) in [6.07, 6.45) is 3.91. The number of nitrogens with zero attached hydrogens (tertiary/aromatic N) is 2.